The summed E-state index contributed by atoms with van der Waals surface area (Å²) in [5.74, 6) is 0. The third-order valence-corrected chi connectivity index (χ3v) is 15.6. The molecule has 0 saturated carbocycles. The molecular weight excluding hydrogens is 785 g/mol. The fourth-order valence-electron chi connectivity index (χ4n) is 11.8. The average Bonchev–Trinajstić information content (AvgIpc) is 3.89. The maximum atomic E-state index is 2.61. The smallest absolute Gasteiger partial charge is 0.0461 e. The minimum absolute atomic E-state index is 0.0105. The summed E-state index contributed by atoms with van der Waals surface area (Å²) in [6.07, 6.45) is 4.39. The van der Waals surface area contributed by atoms with E-state index < -0.39 is 0 Å². The van der Waals surface area contributed by atoms with Gasteiger partial charge in [0.1, 0.15) is 0 Å². The highest BCUT2D eigenvalue weighted by Gasteiger charge is 2.54. The molecule has 8 aromatic carbocycles. The van der Waals surface area contributed by atoms with E-state index in [4.69, 9.17) is 0 Å². The average molecular weight is 845 g/mol. The van der Waals surface area contributed by atoms with E-state index in [1.54, 1.807) is 0 Å². The molecular formula is C63H60N2. The van der Waals surface area contributed by atoms with Gasteiger partial charge in [0.2, 0.25) is 0 Å². The Hall–Kier alpha value is -6.64. The SMILES string of the molecule is CCCC1(c2ccc(N(c3ccc(C)cc3)c3ccc(C)cc3)cc2)c2cc3c(cc21)C(C)(C)c1cc2c(cc1-3)CC2(CC)c1ccc(N(c2ccc(C)cc2)c2ccc(C)cc2)cc1. The van der Waals surface area contributed by atoms with Gasteiger partial charge in [-0.1, -0.05) is 147 Å². The Morgan fingerprint density at radius 1 is 0.400 bits per heavy atom. The molecule has 0 aliphatic heterocycles. The first-order valence-corrected chi connectivity index (χ1v) is 23.9. The van der Waals surface area contributed by atoms with Gasteiger partial charge in [0.15, 0.2) is 0 Å². The summed E-state index contributed by atoms with van der Waals surface area (Å²) in [5.41, 5.74) is 26.7. The first kappa shape index (κ1) is 41.1. The molecule has 322 valence electrons. The molecule has 0 radical (unpaired) electrons. The molecule has 2 heteroatoms. The zero-order chi connectivity index (χ0) is 44.8. The molecule has 8 aromatic rings. The van der Waals surface area contributed by atoms with Gasteiger partial charge in [0.25, 0.3) is 0 Å². The molecule has 0 aromatic heterocycles. The van der Waals surface area contributed by atoms with Crippen molar-refractivity contribution in [1.82, 2.24) is 0 Å². The van der Waals surface area contributed by atoms with Crippen molar-refractivity contribution in [2.24, 2.45) is 0 Å². The minimum Gasteiger partial charge on any atom is -0.311 e. The van der Waals surface area contributed by atoms with Crippen molar-refractivity contribution in [2.45, 2.75) is 97.3 Å². The molecule has 0 N–H and O–H groups in total. The first-order valence-electron chi connectivity index (χ1n) is 23.9. The number of benzene rings is 8. The second-order valence-corrected chi connectivity index (χ2v) is 20.0. The van der Waals surface area contributed by atoms with Crippen LogP contribution in [0.15, 0.2) is 170 Å². The number of rotatable bonds is 11. The van der Waals surface area contributed by atoms with Crippen LogP contribution < -0.4 is 9.80 Å². The quantitative estimate of drug-likeness (QED) is 0.128. The Morgan fingerprint density at radius 2 is 0.754 bits per heavy atom. The molecule has 11 rings (SSSR count). The Labute approximate surface area is 387 Å². The van der Waals surface area contributed by atoms with Crippen LogP contribution in [0.1, 0.15) is 114 Å². The summed E-state index contributed by atoms with van der Waals surface area (Å²) in [6.45, 7) is 18.3. The Morgan fingerprint density at radius 3 is 1.15 bits per heavy atom. The Balaban J connectivity index is 0.914. The van der Waals surface area contributed by atoms with Crippen molar-refractivity contribution in [3.8, 4) is 11.1 Å². The predicted octanol–water partition coefficient (Wildman–Crippen LogP) is 16.9. The van der Waals surface area contributed by atoms with E-state index in [2.05, 4.69) is 235 Å². The molecule has 65 heavy (non-hydrogen) atoms. The molecule has 2 atom stereocenters. The van der Waals surface area contributed by atoms with E-state index in [9.17, 15) is 0 Å². The van der Waals surface area contributed by atoms with Crippen LogP contribution in [0.3, 0.4) is 0 Å². The van der Waals surface area contributed by atoms with E-state index in [1.807, 2.05) is 0 Å². The highest BCUT2D eigenvalue weighted by atomic mass is 15.1. The maximum absolute atomic E-state index is 2.61. The number of hydrogen-bond acceptors (Lipinski definition) is 2. The number of aryl methyl sites for hydroxylation is 4. The van der Waals surface area contributed by atoms with Crippen LogP contribution in [0.4, 0.5) is 34.1 Å². The molecule has 2 nitrogen and oxygen atoms in total. The van der Waals surface area contributed by atoms with Gasteiger partial charge in [0.05, 0.1) is 0 Å². The van der Waals surface area contributed by atoms with Gasteiger partial charge in [-0.25, -0.2) is 0 Å². The van der Waals surface area contributed by atoms with Crippen LogP contribution in [-0.2, 0) is 22.7 Å². The molecule has 0 bridgehead atoms. The van der Waals surface area contributed by atoms with E-state index in [1.165, 1.54) is 112 Å². The minimum atomic E-state index is -0.0940. The molecule has 0 heterocycles. The summed E-state index contributed by atoms with van der Waals surface area (Å²) >= 11 is 0. The molecule has 0 saturated heterocycles. The Kier molecular flexibility index (Phi) is 9.63. The fourth-order valence-corrected chi connectivity index (χ4v) is 11.8. The number of nitrogens with zero attached hydrogens (tertiary/aromatic N) is 2. The van der Waals surface area contributed by atoms with Gasteiger partial charge < -0.3 is 9.80 Å². The highest BCUT2D eigenvalue weighted by Crippen LogP contribution is 2.64. The molecule has 3 aliphatic rings. The summed E-state index contributed by atoms with van der Waals surface area (Å²) in [7, 11) is 0. The van der Waals surface area contributed by atoms with E-state index >= 15 is 0 Å². The largest absolute Gasteiger partial charge is 0.311 e. The summed E-state index contributed by atoms with van der Waals surface area (Å²) in [5, 5.41) is 0. The monoisotopic (exact) mass is 844 g/mol. The lowest BCUT2D eigenvalue weighted by Crippen LogP contribution is -2.40. The van der Waals surface area contributed by atoms with Crippen LogP contribution >= 0.6 is 0 Å². The van der Waals surface area contributed by atoms with Gasteiger partial charge in [-0.05, 0) is 181 Å². The third kappa shape index (κ3) is 6.43. The molecule has 0 amide bonds. The van der Waals surface area contributed by atoms with Crippen molar-refractivity contribution >= 4 is 34.1 Å². The molecule has 3 aliphatic carbocycles. The topological polar surface area (TPSA) is 6.48 Å². The van der Waals surface area contributed by atoms with E-state index in [-0.39, 0.29) is 16.2 Å². The van der Waals surface area contributed by atoms with Crippen molar-refractivity contribution in [1.29, 1.82) is 0 Å². The number of anilines is 6. The van der Waals surface area contributed by atoms with Gasteiger partial charge in [0, 0.05) is 50.4 Å². The molecule has 0 spiro atoms. The molecule has 0 fully saturated rings. The van der Waals surface area contributed by atoms with Gasteiger partial charge in [-0.15, -0.1) is 0 Å². The van der Waals surface area contributed by atoms with E-state index in [0.717, 1.165) is 25.7 Å². The zero-order valence-electron chi connectivity index (χ0n) is 39.4. The van der Waals surface area contributed by atoms with Crippen molar-refractivity contribution < 1.29 is 0 Å². The number of fused-ring (bicyclic) bond motifs is 5. The third-order valence-electron chi connectivity index (χ3n) is 15.6. The maximum Gasteiger partial charge on any atom is 0.0461 e. The normalized spacial score (nSPS) is 18.2. The second kappa shape index (κ2) is 15.2. The zero-order valence-corrected chi connectivity index (χ0v) is 39.4. The lowest BCUT2D eigenvalue weighted by molar-refractivity contribution is 0.431. The van der Waals surface area contributed by atoms with Crippen LogP contribution in [-0.4, -0.2) is 0 Å². The van der Waals surface area contributed by atoms with Crippen LogP contribution in [0.2, 0.25) is 0 Å². The number of hydrogen-bond donors (Lipinski definition) is 0. The predicted molar refractivity (Wildman–Crippen MR) is 275 cm³/mol. The van der Waals surface area contributed by atoms with Gasteiger partial charge in [-0.2, -0.15) is 0 Å². The highest BCUT2D eigenvalue weighted by molar-refractivity contribution is 5.88. The summed E-state index contributed by atoms with van der Waals surface area (Å²) < 4.78 is 0. The fraction of sp³-hybridized carbons (Fsp3) is 0.238. The Bertz CT molecular complexity index is 2990. The molecule has 2 unspecified atom stereocenters. The summed E-state index contributed by atoms with van der Waals surface area (Å²) in [6, 6.07) is 64.9. The lowest BCUT2D eigenvalue weighted by Gasteiger charge is -2.45. The standard InChI is InChI=1S/C63H60N2/c1-9-35-63(47-21-33-53(34-22-47)65(50-27-15-43(5)16-28-50)51-29-17-44(6)18-30-51)59-37-55-54-36-45-40-62(10-2,56(45)38-57(54)61(7,8)58(55)39-60(59)63)46-19-31-52(32-20-46)64(48-23-11-41(3)12-24-48)49-25-13-42(4)14-26-49/h11-34,36-39H,9-10,35,40H2,1-8H3. The second-order valence-electron chi connectivity index (χ2n) is 20.0. The van der Waals surface area contributed by atoms with Gasteiger partial charge >= 0.3 is 0 Å². The van der Waals surface area contributed by atoms with Crippen molar-refractivity contribution in [3.05, 3.63) is 237 Å². The lowest BCUT2D eigenvalue weighted by atomic mass is 9.58. The first-order chi connectivity index (χ1) is 31.4. The van der Waals surface area contributed by atoms with E-state index in [0.29, 0.717) is 0 Å². The van der Waals surface area contributed by atoms with Crippen LogP contribution in [0, 0.1) is 27.7 Å². The van der Waals surface area contributed by atoms with Crippen molar-refractivity contribution in [2.75, 3.05) is 9.80 Å². The van der Waals surface area contributed by atoms with Crippen LogP contribution in [0.25, 0.3) is 11.1 Å². The van der Waals surface area contributed by atoms with Crippen molar-refractivity contribution in [3.63, 3.8) is 0 Å². The van der Waals surface area contributed by atoms with Crippen LogP contribution in [0.5, 0.6) is 0 Å². The summed E-state index contributed by atoms with van der Waals surface area (Å²) in [4.78, 5) is 4.76. The van der Waals surface area contributed by atoms with Gasteiger partial charge in [-0.3, -0.25) is 0 Å².